The number of amides is 1. The van der Waals surface area contributed by atoms with Crippen LogP contribution in [-0.2, 0) is 11.4 Å². The molecule has 0 saturated carbocycles. The van der Waals surface area contributed by atoms with Gasteiger partial charge in [0, 0.05) is 57.2 Å². The van der Waals surface area contributed by atoms with Crippen molar-refractivity contribution in [3.05, 3.63) is 96.3 Å². The van der Waals surface area contributed by atoms with Gasteiger partial charge in [-0.1, -0.05) is 36.4 Å². The van der Waals surface area contributed by atoms with Crippen molar-refractivity contribution in [1.82, 2.24) is 15.2 Å². The Morgan fingerprint density at radius 2 is 1.70 bits per heavy atom. The molecule has 33 heavy (non-hydrogen) atoms. The molecule has 1 aliphatic rings. The highest BCUT2D eigenvalue weighted by atomic mass is 16.5. The summed E-state index contributed by atoms with van der Waals surface area (Å²) in [5.74, 6) is 0.697. The molecule has 0 bridgehead atoms. The molecule has 6 nitrogen and oxygen atoms in total. The number of carbonyl (C=O) groups is 1. The predicted molar refractivity (Wildman–Crippen MR) is 132 cm³/mol. The molecule has 0 radical (unpaired) electrons. The van der Waals surface area contributed by atoms with Gasteiger partial charge in [-0.2, -0.15) is 0 Å². The van der Waals surface area contributed by atoms with E-state index in [1.54, 1.807) is 12.3 Å². The van der Waals surface area contributed by atoms with Crippen LogP contribution in [0, 0.1) is 0 Å². The smallest absolute Gasteiger partial charge is 0.244 e. The number of nitrogens with one attached hydrogen (secondary N) is 1. The van der Waals surface area contributed by atoms with Gasteiger partial charge in [0.25, 0.3) is 0 Å². The summed E-state index contributed by atoms with van der Waals surface area (Å²) in [7, 11) is 0. The van der Waals surface area contributed by atoms with E-state index in [0.29, 0.717) is 13.2 Å². The van der Waals surface area contributed by atoms with Gasteiger partial charge in [-0.05, 0) is 48.0 Å². The quantitative estimate of drug-likeness (QED) is 0.513. The van der Waals surface area contributed by atoms with Crippen molar-refractivity contribution in [2.45, 2.75) is 6.61 Å². The van der Waals surface area contributed by atoms with E-state index in [0.717, 1.165) is 49.7 Å². The third-order valence-corrected chi connectivity index (χ3v) is 5.64. The van der Waals surface area contributed by atoms with Crippen LogP contribution in [0.25, 0.3) is 6.08 Å². The van der Waals surface area contributed by atoms with Crippen molar-refractivity contribution < 1.29 is 9.53 Å². The number of aromatic nitrogens is 1. The second-order valence-electron chi connectivity index (χ2n) is 7.97. The molecule has 1 N–H and O–H groups in total. The number of pyridine rings is 1. The summed E-state index contributed by atoms with van der Waals surface area (Å²) in [4.78, 5) is 21.2. The Balaban J connectivity index is 1.13. The molecule has 2 aromatic carbocycles. The number of benzene rings is 2. The fourth-order valence-electron chi connectivity index (χ4n) is 3.75. The standard InChI is InChI=1S/C27H30N4O2/c32-27(29-16-17-30-18-20-31(21-19-30)25-7-2-1-3-8-25)14-11-23-9-12-26(13-10-23)33-22-24-6-4-5-15-28-24/h1-15H,16-22H2,(H,29,32)/b14-11+. The van der Waals surface area contributed by atoms with Gasteiger partial charge >= 0.3 is 0 Å². The van der Waals surface area contributed by atoms with E-state index in [9.17, 15) is 4.79 Å². The summed E-state index contributed by atoms with van der Waals surface area (Å²) < 4.78 is 5.74. The van der Waals surface area contributed by atoms with Gasteiger partial charge in [0.05, 0.1) is 5.69 Å². The fraction of sp³-hybridized carbons (Fsp3) is 0.259. The molecule has 170 valence electrons. The van der Waals surface area contributed by atoms with Crippen LogP contribution in [0.2, 0.25) is 0 Å². The zero-order chi connectivity index (χ0) is 22.7. The summed E-state index contributed by atoms with van der Waals surface area (Å²) in [5, 5.41) is 2.98. The highest BCUT2D eigenvalue weighted by Crippen LogP contribution is 2.16. The van der Waals surface area contributed by atoms with Crippen molar-refractivity contribution in [2.24, 2.45) is 0 Å². The van der Waals surface area contributed by atoms with Crippen LogP contribution in [0.1, 0.15) is 11.3 Å². The summed E-state index contributed by atoms with van der Waals surface area (Å²) in [6.45, 7) is 5.99. The molecule has 1 aliphatic heterocycles. The molecule has 0 spiro atoms. The van der Waals surface area contributed by atoms with Crippen LogP contribution < -0.4 is 15.0 Å². The molecular formula is C27H30N4O2. The Kier molecular flexibility index (Phi) is 8.08. The first kappa shape index (κ1) is 22.6. The molecule has 1 saturated heterocycles. The number of carbonyl (C=O) groups excluding carboxylic acids is 1. The molecule has 0 atom stereocenters. The summed E-state index contributed by atoms with van der Waals surface area (Å²) in [6.07, 6.45) is 5.15. The number of hydrogen-bond acceptors (Lipinski definition) is 5. The number of para-hydroxylation sites is 1. The van der Waals surface area contributed by atoms with E-state index in [1.165, 1.54) is 5.69 Å². The minimum atomic E-state index is -0.0756. The highest BCUT2D eigenvalue weighted by Gasteiger charge is 2.16. The largest absolute Gasteiger partial charge is 0.487 e. The maximum atomic E-state index is 12.2. The SMILES string of the molecule is O=C(/C=C/c1ccc(OCc2ccccn2)cc1)NCCN1CCN(c2ccccc2)CC1. The number of rotatable bonds is 9. The zero-order valence-corrected chi connectivity index (χ0v) is 18.8. The molecule has 1 amide bonds. The number of nitrogens with zero attached hydrogens (tertiary/aromatic N) is 3. The van der Waals surface area contributed by atoms with Crippen molar-refractivity contribution in [1.29, 1.82) is 0 Å². The van der Waals surface area contributed by atoms with E-state index in [-0.39, 0.29) is 5.91 Å². The third-order valence-electron chi connectivity index (χ3n) is 5.64. The van der Waals surface area contributed by atoms with Crippen molar-refractivity contribution in [2.75, 3.05) is 44.2 Å². The molecule has 4 rings (SSSR count). The lowest BCUT2D eigenvalue weighted by atomic mass is 10.2. The average Bonchev–Trinajstić information content (AvgIpc) is 2.88. The Morgan fingerprint density at radius 3 is 2.42 bits per heavy atom. The lowest BCUT2D eigenvalue weighted by Gasteiger charge is -2.36. The van der Waals surface area contributed by atoms with Gasteiger partial charge < -0.3 is 15.0 Å². The molecular weight excluding hydrogens is 412 g/mol. The molecule has 0 aliphatic carbocycles. The van der Waals surface area contributed by atoms with Crippen LogP contribution in [0.4, 0.5) is 5.69 Å². The van der Waals surface area contributed by atoms with Crippen molar-refractivity contribution in [3.8, 4) is 5.75 Å². The van der Waals surface area contributed by atoms with E-state index in [4.69, 9.17) is 4.74 Å². The van der Waals surface area contributed by atoms with Crippen LogP contribution >= 0.6 is 0 Å². The predicted octanol–water partition coefficient (Wildman–Crippen LogP) is 3.61. The lowest BCUT2D eigenvalue weighted by molar-refractivity contribution is -0.116. The van der Waals surface area contributed by atoms with E-state index in [1.807, 2.05) is 54.6 Å². The Hall–Kier alpha value is -3.64. The zero-order valence-electron chi connectivity index (χ0n) is 18.8. The normalized spacial score (nSPS) is 14.4. The van der Waals surface area contributed by atoms with E-state index >= 15 is 0 Å². The maximum absolute atomic E-state index is 12.2. The second-order valence-corrected chi connectivity index (χ2v) is 7.97. The van der Waals surface area contributed by atoms with Gasteiger partial charge in [-0.25, -0.2) is 0 Å². The monoisotopic (exact) mass is 442 g/mol. The molecule has 2 heterocycles. The van der Waals surface area contributed by atoms with Gasteiger partial charge in [-0.3, -0.25) is 14.7 Å². The maximum Gasteiger partial charge on any atom is 0.244 e. The molecule has 1 fully saturated rings. The van der Waals surface area contributed by atoms with Gasteiger partial charge in [0.2, 0.25) is 5.91 Å². The summed E-state index contributed by atoms with van der Waals surface area (Å²) in [6, 6.07) is 23.9. The number of piperazine rings is 1. The molecule has 1 aromatic heterocycles. The number of anilines is 1. The first-order valence-corrected chi connectivity index (χ1v) is 11.4. The first-order valence-electron chi connectivity index (χ1n) is 11.4. The van der Waals surface area contributed by atoms with E-state index in [2.05, 4.69) is 44.4 Å². The van der Waals surface area contributed by atoms with Gasteiger partial charge in [0.1, 0.15) is 12.4 Å². The summed E-state index contributed by atoms with van der Waals surface area (Å²) >= 11 is 0. The molecule has 0 unspecified atom stereocenters. The topological polar surface area (TPSA) is 57.7 Å². The second kappa shape index (κ2) is 11.8. The average molecular weight is 443 g/mol. The third kappa shape index (κ3) is 7.19. The molecule has 6 heteroatoms. The van der Waals surface area contributed by atoms with Gasteiger partial charge in [0.15, 0.2) is 0 Å². The van der Waals surface area contributed by atoms with E-state index < -0.39 is 0 Å². The Morgan fingerprint density at radius 1 is 0.939 bits per heavy atom. The van der Waals surface area contributed by atoms with Crippen LogP contribution in [0.5, 0.6) is 5.75 Å². The van der Waals surface area contributed by atoms with Crippen molar-refractivity contribution in [3.63, 3.8) is 0 Å². The fourth-order valence-corrected chi connectivity index (χ4v) is 3.75. The number of ether oxygens (including phenoxy) is 1. The highest BCUT2D eigenvalue weighted by molar-refractivity contribution is 5.91. The lowest BCUT2D eigenvalue weighted by Crippen LogP contribution is -2.48. The Labute approximate surface area is 195 Å². The first-order chi connectivity index (χ1) is 16.3. The summed E-state index contributed by atoms with van der Waals surface area (Å²) in [5.41, 5.74) is 3.12. The van der Waals surface area contributed by atoms with Crippen LogP contribution in [0.3, 0.4) is 0 Å². The minimum Gasteiger partial charge on any atom is -0.487 e. The van der Waals surface area contributed by atoms with Gasteiger partial charge in [-0.15, -0.1) is 0 Å². The van der Waals surface area contributed by atoms with Crippen LogP contribution in [0.15, 0.2) is 85.1 Å². The van der Waals surface area contributed by atoms with Crippen LogP contribution in [-0.4, -0.2) is 55.1 Å². The minimum absolute atomic E-state index is 0.0756. The van der Waals surface area contributed by atoms with Crippen molar-refractivity contribution >= 4 is 17.7 Å². The number of hydrogen-bond donors (Lipinski definition) is 1. The molecule has 3 aromatic rings. The Bertz CT molecular complexity index is 1020.